The van der Waals surface area contributed by atoms with Gasteiger partial charge in [-0.15, -0.1) is 0 Å². The minimum absolute atomic E-state index is 0.120. The Balaban J connectivity index is 6.67. The van der Waals surface area contributed by atoms with Crippen molar-refractivity contribution in [1.82, 2.24) is 10.6 Å². The molecule has 0 saturated carbocycles. The summed E-state index contributed by atoms with van der Waals surface area (Å²) in [5.74, 6) is -5.11. The molecule has 32 heavy (non-hydrogen) atoms. The number of esters is 4. The molecule has 0 rings (SSSR count). The van der Waals surface area contributed by atoms with E-state index in [0.717, 1.165) is 0 Å². The van der Waals surface area contributed by atoms with Crippen molar-refractivity contribution in [3.63, 3.8) is 0 Å². The van der Waals surface area contributed by atoms with E-state index in [1.54, 1.807) is 0 Å². The van der Waals surface area contributed by atoms with Crippen LogP contribution in [-0.4, -0.2) is 74.2 Å². The second kappa shape index (κ2) is 14.8. The van der Waals surface area contributed by atoms with Crippen LogP contribution in [0.5, 0.6) is 0 Å². The Labute approximate surface area is 186 Å². The highest BCUT2D eigenvalue weighted by Crippen LogP contribution is 2.21. The molecule has 0 saturated heterocycles. The lowest BCUT2D eigenvalue weighted by molar-refractivity contribution is -0.202. The van der Waals surface area contributed by atoms with Crippen LogP contribution in [0.3, 0.4) is 0 Å². The molecule has 0 aromatic rings. The van der Waals surface area contributed by atoms with Gasteiger partial charge in [-0.2, -0.15) is 0 Å². The average molecular weight is 460 g/mol. The molecule has 12 heteroatoms. The van der Waals surface area contributed by atoms with Crippen molar-refractivity contribution < 1.29 is 47.7 Å². The van der Waals surface area contributed by atoms with Crippen LogP contribution >= 0.6 is 0 Å². The van der Waals surface area contributed by atoms with Gasteiger partial charge in [0, 0.05) is 39.8 Å². The summed E-state index contributed by atoms with van der Waals surface area (Å²) in [7, 11) is 2.49. The summed E-state index contributed by atoms with van der Waals surface area (Å²) in [5.41, 5.74) is 0. The quantitative estimate of drug-likeness (QED) is 0.277. The first-order valence-electron chi connectivity index (χ1n) is 10.3. The maximum Gasteiger partial charge on any atom is 0.306 e. The van der Waals surface area contributed by atoms with Crippen LogP contribution in [0.4, 0.5) is 0 Å². The minimum Gasteiger partial charge on any atom is -0.454 e. The van der Waals surface area contributed by atoms with Gasteiger partial charge in [-0.1, -0.05) is 27.7 Å². The standard InChI is InChI=1S/C20H32N2O10/c1-7-11(23)29-15(17(19(27)21-5)31-13(25)9-3)16(30-12(24)8-2)18(20(28)22-6)32-14(26)10-4/h15-18H,7-10H2,1-6H3,(H,21,27)(H,22,28)/t15-,16-,17-,18+/m0/s1. The van der Waals surface area contributed by atoms with Gasteiger partial charge in [0.2, 0.25) is 12.2 Å². The predicted octanol–water partition coefficient (Wildman–Crippen LogP) is -0.234. The van der Waals surface area contributed by atoms with E-state index in [9.17, 15) is 28.8 Å². The number of likely N-dealkylation sites (N-methyl/N-ethyl adjacent to an activating group) is 2. The largest absolute Gasteiger partial charge is 0.454 e. The van der Waals surface area contributed by atoms with Crippen LogP contribution in [0.1, 0.15) is 53.4 Å². The number of nitrogens with one attached hydrogen (secondary N) is 2. The second-order valence-electron chi connectivity index (χ2n) is 6.37. The summed E-state index contributed by atoms with van der Waals surface area (Å²) in [5, 5.41) is 4.53. The molecule has 0 heterocycles. The van der Waals surface area contributed by atoms with Crippen molar-refractivity contribution in [2.75, 3.05) is 14.1 Å². The fourth-order valence-electron chi connectivity index (χ4n) is 2.35. The molecule has 2 amide bonds. The minimum atomic E-state index is -1.80. The third-order valence-electron chi connectivity index (χ3n) is 4.14. The molecule has 0 aromatic carbocycles. The second-order valence-corrected chi connectivity index (χ2v) is 6.37. The average Bonchev–Trinajstić information content (AvgIpc) is 2.81. The summed E-state index contributed by atoms with van der Waals surface area (Å²) in [6.07, 6.45) is -7.72. The molecule has 182 valence electrons. The zero-order valence-corrected chi connectivity index (χ0v) is 19.2. The number of rotatable bonds is 13. The fourth-order valence-corrected chi connectivity index (χ4v) is 2.35. The van der Waals surface area contributed by atoms with Gasteiger partial charge < -0.3 is 29.6 Å². The van der Waals surface area contributed by atoms with Crippen molar-refractivity contribution in [1.29, 1.82) is 0 Å². The number of hydrogen-bond donors (Lipinski definition) is 2. The first-order valence-corrected chi connectivity index (χ1v) is 10.3. The van der Waals surface area contributed by atoms with Crippen LogP contribution in [0.2, 0.25) is 0 Å². The van der Waals surface area contributed by atoms with E-state index < -0.39 is 60.1 Å². The molecule has 0 spiro atoms. The van der Waals surface area contributed by atoms with Crippen LogP contribution in [0, 0.1) is 0 Å². The molecule has 0 aliphatic heterocycles. The lowest BCUT2D eigenvalue weighted by Gasteiger charge is -2.34. The predicted molar refractivity (Wildman–Crippen MR) is 109 cm³/mol. The lowest BCUT2D eigenvalue weighted by Crippen LogP contribution is -2.59. The first kappa shape index (κ1) is 28.8. The zero-order chi connectivity index (χ0) is 24.8. The van der Waals surface area contributed by atoms with Gasteiger partial charge >= 0.3 is 23.9 Å². The van der Waals surface area contributed by atoms with Crippen LogP contribution < -0.4 is 10.6 Å². The van der Waals surface area contributed by atoms with E-state index in [4.69, 9.17) is 18.9 Å². The fraction of sp³-hybridized carbons (Fsp3) is 0.700. The van der Waals surface area contributed by atoms with Gasteiger partial charge in [0.25, 0.3) is 11.8 Å². The van der Waals surface area contributed by atoms with Gasteiger partial charge in [0.05, 0.1) is 0 Å². The molecular formula is C20H32N2O10. The van der Waals surface area contributed by atoms with E-state index in [1.807, 2.05) is 0 Å². The number of hydrogen-bond acceptors (Lipinski definition) is 10. The zero-order valence-electron chi connectivity index (χ0n) is 19.2. The summed E-state index contributed by atoms with van der Waals surface area (Å²) in [4.78, 5) is 73.3. The Morgan fingerprint density at radius 3 is 1.00 bits per heavy atom. The summed E-state index contributed by atoms with van der Waals surface area (Å²) >= 11 is 0. The summed E-state index contributed by atoms with van der Waals surface area (Å²) in [6.45, 7) is 5.88. The van der Waals surface area contributed by atoms with Crippen molar-refractivity contribution in [2.45, 2.75) is 77.8 Å². The lowest BCUT2D eigenvalue weighted by atomic mass is 10.00. The molecule has 0 aliphatic carbocycles. The number of amides is 2. The summed E-state index contributed by atoms with van der Waals surface area (Å²) < 4.78 is 20.9. The van der Waals surface area contributed by atoms with Gasteiger partial charge in [0.15, 0.2) is 12.2 Å². The topological polar surface area (TPSA) is 163 Å². The highest BCUT2D eigenvalue weighted by atomic mass is 16.6. The number of ether oxygens (including phenoxy) is 4. The van der Waals surface area contributed by atoms with E-state index >= 15 is 0 Å². The molecule has 0 aromatic heterocycles. The Hall–Kier alpha value is -3.18. The molecular weight excluding hydrogens is 428 g/mol. The van der Waals surface area contributed by atoms with E-state index in [-0.39, 0.29) is 25.7 Å². The smallest absolute Gasteiger partial charge is 0.306 e. The Kier molecular flexibility index (Phi) is 13.3. The maximum absolute atomic E-state index is 12.5. The monoisotopic (exact) mass is 460 g/mol. The first-order chi connectivity index (χ1) is 15.1. The summed E-state index contributed by atoms with van der Waals surface area (Å²) in [6, 6.07) is 0. The van der Waals surface area contributed by atoms with Crippen LogP contribution in [-0.2, 0) is 47.7 Å². The van der Waals surface area contributed by atoms with Gasteiger partial charge in [-0.3, -0.25) is 28.8 Å². The van der Waals surface area contributed by atoms with Crippen molar-refractivity contribution >= 4 is 35.7 Å². The van der Waals surface area contributed by atoms with Crippen molar-refractivity contribution in [2.24, 2.45) is 0 Å². The molecule has 12 nitrogen and oxygen atoms in total. The molecule has 0 radical (unpaired) electrons. The maximum atomic E-state index is 12.5. The molecule has 0 aliphatic rings. The highest BCUT2D eigenvalue weighted by Gasteiger charge is 2.49. The molecule has 0 bridgehead atoms. The molecule has 0 fully saturated rings. The van der Waals surface area contributed by atoms with E-state index in [1.165, 1.54) is 41.8 Å². The normalized spacial score (nSPS) is 14.1. The Morgan fingerprint density at radius 2 is 0.781 bits per heavy atom. The van der Waals surface area contributed by atoms with Gasteiger partial charge in [-0.25, -0.2) is 0 Å². The third kappa shape index (κ3) is 8.90. The van der Waals surface area contributed by atoms with Crippen molar-refractivity contribution in [3.05, 3.63) is 0 Å². The van der Waals surface area contributed by atoms with Gasteiger partial charge in [-0.05, 0) is 0 Å². The SMILES string of the molecule is CCC(=O)O[C@@H]([C@H](OC(=O)CC)[C@@H](OC(=O)CC)C(=O)NC)[C@H](OC(=O)CC)C(=O)NC. The molecule has 2 N–H and O–H groups in total. The van der Waals surface area contributed by atoms with Crippen molar-refractivity contribution in [3.8, 4) is 0 Å². The Bertz CT molecular complexity index is 636. The molecule has 4 atom stereocenters. The van der Waals surface area contributed by atoms with Crippen LogP contribution in [0.25, 0.3) is 0 Å². The molecule has 0 unspecified atom stereocenters. The van der Waals surface area contributed by atoms with Gasteiger partial charge in [0.1, 0.15) is 0 Å². The van der Waals surface area contributed by atoms with E-state index in [0.29, 0.717) is 0 Å². The third-order valence-corrected chi connectivity index (χ3v) is 4.14. The number of carbonyl (C=O) groups is 6. The Morgan fingerprint density at radius 1 is 0.531 bits per heavy atom. The van der Waals surface area contributed by atoms with Crippen LogP contribution in [0.15, 0.2) is 0 Å². The highest BCUT2D eigenvalue weighted by molar-refractivity contribution is 5.87. The van der Waals surface area contributed by atoms with E-state index in [2.05, 4.69) is 10.6 Å². The number of carbonyl (C=O) groups excluding carboxylic acids is 6.